The first-order chi connectivity index (χ1) is 8.63. The van der Waals surface area contributed by atoms with Crippen LogP contribution >= 0.6 is 0 Å². The van der Waals surface area contributed by atoms with Crippen LogP contribution in [0.3, 0.4) is 0 Å². The smallest absolute Gasteiger partial charge is 0.201 e. The largest absolute Gasteiger partial charge is 0.462 e. The number of halogens is 2. The molecule has 1 fully saturated rings. The molecule has 0 atom stereocenters. The molecule has 1 radical (unpaired) electrons. The average molecular weight is 251 g/mol. The van der Waals surface area contributed by atoms with Crippen LogP contribution in [0.4, 0.5) is 8.78 Å². The minimum absolute atomic E-state index is 0.115. The Bertz CT molecular complexity index is 434. The van der Waals surface area contributed by atoms with Crippen molar-refractivity contribution in [1.82, 2.24) is 0 Å². The Morgan fingerprint density at radius 2 is 1.89 bits per heavy atom. The lowest BCUT2D eigenvalue weighted by molar-refractivity contribution is 0.396. The van der Waals surface area contributed by atoms with E-state index in [4.69, 9.17) is 4.74 Å². The van der Waals surface area contributed by atoms with Gasteiger partial charge in [-0.1, -0.05) is 19.6 Å². The molecule has 3 heteroatoms. The van der Waals surface area contributed by atoms with Crippen molar-refractivity contribution >= 4 is 0 Å². The third kappa shape index (κ3) is 2.55. The highest BCUT2D eigenvalue weighted by Gasteiger charge is 2.25. The molecule has 0 unspecified atom stereocenters. The first-order valence-electron chi connectivity index (χ1n) is 6.24. The number of benzene rings is 1. The van der Waals surface area contributed by atoms with Gasteiger partial charge in [0.2, 0.25) is 5.82 Å². The minimum atomic E-state index is -0.932. The molecule has 0 heterocycles. The molecule has 1 aromatic rings. The van der Waals surface area contributed by atoms with Crippen molar-refractivity contribution in [2.75, 3.05) is 0 Å². The lowest BCUT2D eigenvalue weighted by Crippen LogP contribution is -2.13. The molecular formula is C15H17F2O. The van der Waals surface area contributed by atoms with Gasteiger partial charge < -0.3 is 4.74 Å². The van der Waals surface area contributed by atoms with Crippen molar-refractivity contribution in [2.24, 2.45) is 5.92 Å². The fourth-order valence-corrected chi connectivity index (χ4v) is 2.37. The molecule has 0 N–H and O–H groups in total. The average Bonchev–Trinajstić information content (AvgIpc) is 2.37. The first-order valence-corrected chi connectivity index (χ1v) is 6.24. The Morgan fingerprint density at radius 3 is 2.50 bits per heavy atom. The summed E-state index contributed by atoms with van der Waals surface area (Å²) in [6.07, 6.45) is 4.87. The lowest BCUT2D eigenvalue weighted by Gasteiger charge is -2.26. The van der Waals surface area contributed by atoms with Gasteiger partial charge in [-0.3, -0.25) is 0 Å². The highest BCUT2D eigenvalue weighted by molar-refractivity contribution is 5.39. The van der Waals surface area contributed by atoms with Crippen molar-refractivity contribution < 1.29 is 13.5 Å². The fraction of sp³-hybridized carbons (Fsp3) is 0.400. The van der Waals surface area contributed by atoms with Crippen LogP contribution in [0.15, 0.2) is 25.0 Å². The molecular weight excluding hydrogens is 234 g/mol. The van der Waals surface area contributed by atoms with Crippen LogP contribution in [0.5, 0.6) is 5.75 Å². The van der Waals surface area contributed by atoms with E-state index in [2.05, 4.69) is 13.5 Å². The maximum atomic E-state index is 14.0. The van der Waals surface area contributed by atoms with E-state index >= 15 is 0 Å². The molecule has 2 rings (SSSR count). The monoisotopic (exact) mass is 251 g/mol. The summed E-state index contributed by atoms with van der Waals surface area (Å²) in [7, 11) is 0. The molecule has 1 aliphatic rings. The van der Waals surface area contributed by atoms with Crippen LogP contribution < -0.4 is 4.74 Å². The number of hydrogen-bond acceptors (Lipinski definition) is 1. The number of ether oxygens (including phenoxy) is 1. The Balaban J connectivity index is 2.24. The zero-order chi connectivity index (χ0) is 13.1. The van der Waals surface area contributed by atoms with E-state index < -0.39 is 11.6 Å². The van der Waals surface area contributed by atoms with E-state index in [0.29, 0.717) is 11.5 Å². The molecule has 1 aromatic carbocycles. The predicted octanol–water partition coefficient (Wildman–Crippen LogP) is 4.62. The van der Waals surface area contributed by atoms with Crippen LogP contribution in [0.2, 0.25) is 0 Å². The molecule has 0 amide bonds. The van der Waals surface area contributed by atoms with Crippen LogP contribution in [0.1, 0.15) is 38.2 Å². The Kier molecular flexibility index (Phi) is 4.00. The molecule has 18 heavy (non-hydrogen) atoms. The third-order valence-corrected chi connectivity index (χ3v) is 3.52. The van der Waals surface area contributed by atoms with E-state index in [0.717, 1.165) is 37.9 Å². The van der Waals surface area contributed by atoms with Gasteiger partial charge in [0.1, 0.15) is 0 Å². The van der Waals surface area contributed by atoms with Gasteiger partial charge in [-0.25, -0.2) is 4.39 Å². The maximum absolute atomic E-state index is 14.0. The highest BCUT2D eigenvalue weighted by Crippen LogP contribution is 2.37. The second-order valence-electron chi connectivity index (χ2n) is 4.81. The zero-order valence-corrected chi connectivity index (χ0v) is 10.5. The summed E-state index contributed by atoms with van der Waals surface area (Å²) in [5, 5.41) is 0. The van der Waals surface area contributed by atoms with Crippen molar-refractivity contribution in [2.45, 2.75) is 32.6 Å². The maximum Gasteiger partial charge on any atom is 0.201 e. The summed E-state index contributed by atoms with van der Waals surface area (Å²) in [4.78, 5) is 0. The standard InChI is InChI=1S/C15H17F2O/c1-3-18-13-9-8-12(14(16)15(13)17)11-6-4-10(2)5-7-11/h3,8-10H,1,4-7H2,2H3. The SMILES string of the molecule is C=COc1ccc([C]2CCC(C)CC2)c(F)c1F. The summed E-state index contributed by atoms with van der Waals surface area (Å²) >= 11 is 0. The van der Waals surface area contributed by atoms with Crippen LogP contribution in [-0.2, 0) is 0 Å². The first kappa shape index (κ1) is 13.1. The van der Waals surface area contributed by atoms with Crippen LogP contribution in [-0.4, -0.2) is 0 Å². The number of rotatable bonds is 3. The van der Waals surface area contributed by atoms with Gasteiger partial charge >= 0.3 is 0 Å². The normalized spacial score (nSPS) is 17.7. The molecule has 1 aliphatic carbocycles. The predicted molar refractivity (Wildman–Crippen MR) is 67.2 cm³/mol. The molecule has 0 aliphatic heterocycles. The van der Waals surface area contributed by atoms with E-state index in [-0.39, 0.29) is 5.75 Å². The molecule has 1 saturated carbocycles. The Hall–Kier alpha value is -1.38. The van der Waals surface area contributed by atoms with Gasteiger partial charge in [0, 0.05) is 5.92 Å². The van der Waals surface area contributed by atoms with E-state index in [1.165, 1.54) is 6.07 Å². The summed E-state index contributed by atoms with van der Waals surface area (Å²) < 4.78 is 32.5. The lowest BCUT2D eigenvalue weighted by atomic mass is 9.79. The summed E-state index contributed by atoms with van der Waals surface area (Å²) in [6.45, 7) is 5.52. The van der Waals surface area contributed by atoms with Crippen LogP contribution in [0, 0.1) is 23.5 Å². The van der Waals surface area contributed by atoms with Crippen molar-refractivity contribution in [1.29, 1.82) is 0 Å². The second-order valence-corrected chi connectivity index (χ2v) is 4.81. The molecule has 0 aromatic heterocycles. The molecule has 0 spiro atoms. The van der Waals surface area contributed by atoms with Gasteiger partial charge in [-0.05, 0) is 43.2 Å². The zero-order valence-electron chi connectivity index (χ0n) is 10.5. The van der Waals surface area contributed by atoms with E-state index in [1.807, 2.05) is 0 Å². The topological polar surface area (TPSA) is 9.23 Å². The summed E-state index contributed by atoms with van der Waals surface area (Å²) in [6, 6.07) is 3.06. The van der Waals surface area contributed by atoms with E-state index in [9.17, 15) is 8.78 Å². The summed E-state index contributed by atoms with van der Waals surface area (Å²) in [5.41, 5.74) is 0.399. The van der Waals surface area contributed by atoms with Crippen molar-refractivity contribution in [3.05, 3.63) is 48.1 Å². The minimum Gasteiger partial charge on any atom is -0.462 e. The number of hydrogen-bond donors (Lipinski definition) is 0. The molecule has 0 saturated heterocycles. The highest BCUT2D eigenvalue weighted by atomic mass is 19.2. The van der Waals surface area contributed by atoms with Gasteiger partial charge in [-0.2, -0.15) is 4.39 Å². The molecule has 97 valence electrons. The quantitative estimate of drug-likeness (QED) is 0.712. The second kappa shape index (κ2) is 5.51. The summed E-state index contributed by atoms with van der Waals surface area (Å²) in [5.74, 6) is -0.173. The van der Waals surface area contributed by atoms with Gasteiger partial charge in [0.25, 0.3) is 0 Å². The Labute approximate surface area is 106 Å². The van der Waals surface area contributed by atoms with Gasteiger partial charge in [-0.15, -0.1) is 0 Å². The van der Waals surface area contributed by atoms with Crippen molar-refractivity contribution in [3.8, 4) is 5.75 Å². The molecule has 1 nitrogen and oxygen atoms in total. The third-order valence-electron chi connectivity index (χ3n) is 3.52. The Morgan fingerprint density at radius 1 is 1.22 bits per heavy atom. The molecule has 0 bridgehead atoms. The van der Waals surface area contributed by atoms with Gasteiger partial charge in [0.15, 0.2) is 11.6 Å². The van der Waals surface area contributed by atoms with Crippen LogP contribution in [0.25, 0.3) is 0 Å². The van der Waals surface area contributed by atoms with E-state index in [1.54, 1.807) is 6.07 Å². The van der Waals surface area contributed by atoms with Gasteiger partial charge in [0.05, 0.1) is 6.26 Å². The van der Waals surface area contributed by atoms with Crippen molar-refractivity contribution in [3.63, 3.8) is 0 Å². The fourth-order valence-electron chi connectivity index (χ4n) is 2.37.